The number of para-hydroxylation sites is 2. The second kappa shape index (κ2) is 10.7. The summed E-state index contributed by atoms with van der Waals surface area (Å²) in [4.78, 5) is 27.6. The Morgan fingerprint density at radius 2 is 1.58 bits per heavy atom. The van der Waals surface area contributed by atoms with Crippen molar-refractivity contribution in [2.24, 2.45) is 0 Å². The quantitative estimate of drug-likeness (QED) is 0.539. The van der Waals surface area contributed by atoms with E-state index >= 15 is 0 Å². The second-order valence-corrected chi connectivity index (χ2v) is 7.59. The average Bonchev–Trinajstić information content (AvgIpc) is 2.86. The summed E-state index contributed by atoms with van der Waals surface area (Å²) in [6.45, 7) is 4.64. The number of ether oxygens (including phenoxy) is 3. The van der Waals surface area contributed by atoms with Gasteiger partial charge in [0, 0.05) is 24.5 Å². The number of carbonyl (C=O) groups is 2. The van der Waals surface area contributed by atoms with Gasteiger partial charge in [0.05, 0.1) is 13.2 Å². The molecule has 7 nitrogen and oxygen atoms in total. The molecular weight excluding hydrogens is 420 g/mol. The third-order valence-electron chi connectivity index (χ3n) is 5.24. The fourth-order valence-electron chi connectivity index (χ4n) is 3.44. The fourth-order valence-corrected chi connectivity index (χ4v) is 3.44. The van der Waals surface area contributed by atoms with Gasteiger partial charge in [0.25, 0.3) is 5.91 Å². The number of amides is 1. The number of benzene rings is 3. The summed E-state index contributed by atoms with van der Waals surface area (Å²) in [5, 5.41) is 2.79. The highest BCUT2D eigenvalue weighted by molar-refractivity contribution is 5.98. The van der Waals surface area contributed by atoms with Crippen LogP contribution in [0.5, 0.6) is 11.5 Å². The molecule has 33 heavy (non-hydrogen) atoms. The van der Waals surface area contributed by atoms with Crippen molar-refractivity contribution in [2.45, 2.75) is 13.0 Å². The zero-order valence-corrected chi connectivity index (χ0v) is 18.4. The Bertz CT molecular complexity index is 1080. The molecule has 1 unspecified atom stereocenters. The van der Waals surface area contributed by atoms with Crippen LogP contribution < -0.4 is 15.0 Å². The Labute approximate surface area is 192 Å². The van der Waals surface area contributed by atoms with Crippen molar-refractivity contribution >= 4 is 23.3 Å². The van der Waals surface area contributed by atoms with E-state index in [4.69, 9.17) is 14.2 Å². The number of morpholine rings is 1. The van der Waals surface area contributed by atoms with Gasteiger partial charge in [0.2, 0.25) is 0 Å². The van der Waals surface area contributed by atoms with Crippen molar-refractivity contribution in [3.8, 4) is 11.5 Å². The van der Waals surface area contributed by atoms with Crippen LogP contribution in [-0.4, -0.2) is 44.3 Å². The van der Waals surface area contributed by atoms with Crippen LogP contribution in [0.4, 0.5) is 11.4 Å². The first-order valence-electron chi connectivity index (χ1n) is 10.9. The van der Waals surface area contributed by atoms with Gasteiger partial charge in [0.1, 0.15) is 17.1 Å². The number of rotatable bonds is 7. The number of hydrogen-bond donors (Lipinski definition) is 1. The van der Waals surface area contributed by atoms with Gasteiger partial charge in [-0.3, -0.25) is 4.79 Å². The summed E-state index contributed by atoms with van der Waals surface area (Å²) in [5.74, 6) is -0.0835. The summed E-state index contributed by atoms with van der Waals surface area (Å²) < 4.78 is 16.6. The standard InChI is InChI=1S/C26H26N2O5/c1-19(25(29)27-20-11-13-21(14-12-20)28-15-17-31-18-16-28)32-26(30)23-9-5-6-10-24(23)33-22-7-3-2-4-8-22/h2-14,19H,15-18H2,1H3,(H,27,29). The fraction of sp³-hybridized carbons (Fsp3) is 0.231. The van der Waals surface area contributed by atoms with Gasteiger partial charge in [0.15, 0.2) is 6.10 Å². The summed E-state index contributed by atoms with van der Waals surface area (Å²) in [6.07, 6.45) is -0.985. The van der Waals surface area contributed by atoms with Crippen molar-refractivity contribution in [2.75, 3.05) is 36.5 Å². The molecule has 1 fully saturated rings. The Hall–Kier alpha value is -3.84. The zero-order valence-electron chi connectivity index (χ0n) is 18.4. The zero-order chi connectivity index (χ0) is 23.0. The number of esters is 1. The summed E-state index contributed by atoms with van der Waals surface area (Å²) in [7, 11) is 0. The minimum Gasteiger partial charge on any atom is -0.456 e. The number of carbonyl (C=O) groups excluding carboxylic acids is 2. The Morgan fingerprint density at radius 3 is 2.30 bits per heavy atom. The van der Waals surface area contributed by atoms with Crippen molar-refractivity contribution in [3.05, 3.63) is 84.4 Å². The molecule has 0 radical (unpaired) electrons. The lowest BCUT2D eigenvalue weighted by molar-refractivity contribution is -0.123. The first-order valence-corrected chi connectivity index (χ1v) is 10.9. The van der Waals surface area contributed by atoms with Gasteiger partial charge in [-0.1, -0.05) is 30.3 Å². The van der Waals surface area contributed by atoms with Crippen molar-refractivity contribution in [1.29, 1.82) is 0 Å². The minimum atomic E-state index is -0.985. The number of anilines is 2. The smallest absolute Gasteiger partial charge is 0.342 e. The Kier molecular flexibility index (Phi) is 7.22. The lowest BCUT2D eigenvalue weighted by Gasteiger charge is -2.28. The molecule has 3 aromatic rings. The minimum absolute atomic E-state index is 0.246. The van der Waals surface area contributed by atoms with Gasteiger partial charge < -0.3 is 24.4 Å². The molecule has 0 spiro atoms. The first kappa shape index (κ1) is 22.4. The molecule has 1 atom stereocenters. The van der Waals surface area contributed by atoms with Gasteiger partial charge >= 0.3 is 5.97 Å². The maximum atomic E-state index is 12.7. The van der Waals surface area contributed by atoms with Crippen molar-refractivity contribution in [3.63, 3.8) is 0 Å². The molecule has 0 aliphatic carbocycles. The van der Waals surface area contributed by atoms with E-state index in [-0.39, 0.29) is 5.56 Å². The predicted octanol–water partition coefficient (Wildman–Crippen LogP) is 4.50. The molecule has 1 heterocycles. The van der Waals surface area contributed by atoms with Crippen LogP contribution in [0.15, 0.2) is 78.9 Å². The molecule has 0 aromatic heterocycles. The SMILES string of the molecule is CC(OC(=O)c1ccccc1Oc1ccccc1)C(=O)Nc1ccc(N2CCOCC2)cc1. The summed E-state index contributed by atoms with van der Waals surface area (Å²) >= 11 is 0. The van der Waals surface area contributed by atoms with E-state index in [9.17, 15) is 9.59 Å². The molecule has 1 aliphatic heterocycles. The third-order valence-corrected chi connectivity index (χ3v) is 5.24. The Morgan fingerprint density at radius 1 is 0.909 bits per heavy atom. The molecule has 0 bridgehead atoms. The third kappa shape index (κ3) is 5.90. The van der Waals surface area contributed by atoms with Crippen LogP contribution >= 0.6 is 0 Å². The normalized spacial score (nSPS) is 14.3. The summed E-state index contributed by atoms with van der Waals surface area (Å²) in [5.41, 5.74) is 1.95. The van der Waals surface area contributed by atoms with Crippen LogP contribution in [-0.2, 0) is 14.3 Å². The van der Waals surface area contributed by atoms with E-state index in [1.54, 1.807) is 36.4 Å². The van der Waals surface area contributed by atoms with Crippen LogP contribution in [0.25, 0.3) is 0 Å². The monoisotopic (exact) mass is 446 g/mol. The molecule has 170 valence electrons. The number of nitrogens with one attached hydrogen (secondary N) is 1. The van der Waals surface area contributed by atoms with Gasteiger partial charge in [-0.05, 0) is 55.5 Å². The topological polar surface area (TPSA) is 77.1 Å². The van der Waals surface area contributed by atoms with E-state index in [1.807, 2.05) is 42.5 Å². The number of nitrogens with zero attached hydrogens (tertiary/aromatic N) is 1. The largest absolute Gasteiger partial charge is 0.456 e. The molecule has 1 saturated heterocycles. The average molecular weight is 447 g/mol. The highest BCUT2D eigenvalue weighted by Gasteiger charge is 2.22. The molecule has 1 amide bonds. The van der Waals surface area contributed by atoms with Gasteiger partial charge in [-0.2, -0.15) is 0 Å². The highest BCUT2D eigenvalue weighted by atomic mass is 16.5. The maximum Gasteiger partial charge on any atom is 0.342 e. The highest BCUT2D eigenvalue weighted by Crippen LogP contribution is 2.26. The molecule has 3 aromatic carbocycles. The van der Waals surface area contributed by atoms with Crippen LogP contribution in [0.1, 0.15) is 17.3 Å². The van der Waals surface area contributed by atoms with E-state index < -0.39 is 18.0 Å². The van der Waals surface area contributed by atoms with Crippen LogP contribution in [0.3, 0.4) is 0 Å². The van der Waals surface area contributed by atoms with Crippen molar-refractivity contribution in [1.82, 2.24) is 0 Å². The van der Waals surface area contributed by atoms with E-state index in [1.165, 1.54) is 6.92 Å². The predicted molar refractivity (Wildman–Crippen MR) is 126 cm³/mol. The second-order valence-electron chi connectivity index (χ2n) is 7.59. The van der Waals surface area contributed by atoms with E-state index in [0.717, 1.165) is 18.8 Å². The maximum absolute atomic E-state index is 12.7. The molecule has 7 heteroatoms. The van der Waals surface area contributed by atoms with Crippen LogP contribution in [0, 0.1) is 0 Å². The molecule has 0 saturated carbocycles. The molecule has 4 rings (SSSR count). The molecule has 1 aliphatic rings. The van der Waals surface area contributed by atoms with Crippen molar-refractivity contribution < 1.29 is 23.8 Å². The first-order chi connectivity index (χ1) is 16.1. The van der Waals surface area contributed by atoms with Crippen LogP contribution in [0.2, 0.25) is 0 Å². The number of hydrogen-bond acceptors (Lipinski definition) is 6. The van der Waals surface area contributed by atoms with Gasteiger partial charge in [-0.25, -0.2) is 4.79 Å². The lowest BCUT2D eigenvalue weighted by atomic mass is 10.2. The summed E-state index contributed by atoms with van der Waals surface area (Å²) in [6, 6.07) is 23.5. The molecular formula is C26H26N2O5. The van der Waals surface area contributed by atoms with E-state index in [0.29, 0.717) is 30.4 Å². The Balaban J connectivity index is 1.35. The van der Waals surface area contributed by atoms with E-state index in [2.05, 4.69) is 10.2 Å². The van der Waals surface area contributed by atoms with Gasteiger partial charge in [-0.15, -0.1) is 0 Å². The lowest BCUT2D eigenvalue weighted by Crippen LogP contribution is -2.36. The molecule has 1 N–H and O–H groups in total.